The predicted molar refractivity (Wildman–Crippen MR) is 378 cm³/mol. The van der Waals surface area contributed by atoms with Crippen LogP contribution >= 0.6 is 0 Å². The van der Waals surface area contributed by atoms with Crippen molar-refractivity contribution in [1.29, 1.82) is 0 Å². The summed E-state index contributed by atoms with van der Waals surface area (Å²) in [6, 6.07) is 3.02. The first kappa shape index (κ1) is 90.5. The Balaban J connectivity index is 1.96. The fraction of sp³-hybridized carbons (Fsp3) is 0.714. The lowest BCUT2D eigenvalue weighted by molar-refractivity contribution is -0.155. The van der Waals surface area contributed by atoms with Gasteiger partial charge in [0.05, 0.1) is 81.9 Å². The van der Waals surface area contributed by atoms with Crippen molar-refractivity contribution in [3.63, 3.8) is 0 Å². The van der Waals surface area contributed by atoms with Crippen LogP contribution in [-0.4, -0.2) is 266 Å². The summed E-state index contributed by atoms with van der Waals surface area (Å²) < 4.78 is 32.7. The van der Waals surface area contributed by atoms with Crippen molar-refractivity contribution < 1.29 is 95.5 Å². The van der Waals surface area contributed by atoms with Gasteiger partial charge >= 0.3 is 18.0 Å². The van der Waals surface area contributed by atoms with Crippen LogP contribution in [-0.2, 0) is 97.2 Å². The number of ether oxygens (including phenoxy) is 6. The van der Waals surface area contributed by atoms with E-state index in [0.29, 0.717) is 25.8 Å². The highest BCUT2D eigenvalue weighted by atomic mass is 16.6. The number of alkyl carbamates (subject to hydrolysis) is 1. The Morgan fingerprint density at radius 2 is 1.22 bits per heavy atom. The molecular formula is C70H117N13O20. The van der Waals surface area contributed by atoms with Gasteiger partial charge in [-0.2, -0.15) is 0 Å². The van der Waals surface area contributed by atoms with Gasteiger partial charge in [0.15, 0.2) is 0 Å². The number of methoxy groups -OCH3 is 3. The van der Waals surface area contributed by atoms with E-state index in [2.05, 4.69) is 53.2 Å². The van der Waals surface area contributed by atoms with Crippen LogP contribution in [0, 0.1) is 23.7 Å². The van der Waals surface area contributed by atoms with Gasteiger partial charge in [0.25, 0.3) is 0 Å². The normalized spacial score (nSPS) is 15.8. The van der Waals surface area contributed by atoms with Crippen molar-refractivity contribution in [2.75, 3.05) is 108 Å². The van der Waals surface area contributed by atoms with Crippen LogP contribution in [0.5, 0.6) is 0 Å². The van der Waals surface area contributed by atoms with Crippen LogP contribution in [0.1, 0.15) is 133 Å². The molecule has 33 heteroatoms. The Kier molecular flexibility index (Phi) is 41.2. The van der Waals surface area contributed by atoms with Gasteiger partial charge in [0.1, 0.15) is 36.4 Å². The number of hydrogen-bond donors (Lipinski definition) is 10. The highest BCUT2D eigenvalue weighted by molar-refractivity contribution is 5.93. The topological polar surface area (TPSA) is 424 Å². The molecule has 103 heavy (non-hydrogen) atoms. The van der Waals surface area contributed by atoms with Crippen LogP contribution in [0.3, 0.4) is 0 Å². The van der Waals surface area contributed by atoms with E-state index in [1.54, 1.807) is 56.7 Å². The molecule has 0 radical (unpaired) electrons. The zero-order valence-corrected chi connectivity index (χ0v) is 63.3. The molecule has 0 aliphatic carbocycles. The molecule has 1 saturated heterocycles. The van der Waals surface area contributed by atoms with Gasteiger partial charge in [-0.05, 0) is 84.4 Å². The van der Waals surface area contributed by atoms with Crippen LogP contribution in [0.4, 0.5) is 4.79 Å². The third-order valence-corrected chi connectivity index (χ3v) is 17.0. The largest absolute Gasteiger partial charge is 0.464 e. The van der Waals surface area contributed by atoms with E-state index in [0.717, 1.165) is 5.56 Å². The summed E-state index contributed by atoms with van der Waals surface area (Å²) in [5, 5.41) is 25.2. The van der Waals surface area contributed by atoms with E-state index in [1.807, 2.05) is 78.7 Å². The molecule has 12 amide bonds. The number of nitrogens with zero attached hydrogens (tertiary/aromatic N) is 3. The van der Waals surface area contributed by atoms with Crippen LogP contribution in [0.2, 0.25) is 0 Å². The number of benzene rings is 1. The maximum atomic E-state index is 14.6. The lowest BCUT2D eigenvalue weighted by atomic mass is 9.89. The maximum absolute atomic E-state index is 14.6. The Labute approximate surface area is 606 Å². The minimum absolute atomic E-state index is 0.0167. The number of rotatable bonds is 46. The zero-order chi connectivity index (χ0) is 77.7. The van der Waals surface area contributed by atoms with E-state index in [4.69, 9.17) is 28.4 Å². The molecule has 1 aromatic rings. The van der Waals surface area contributed by atoms with E-state index in [9.17, 15) is 67.1 Å². The summed E-state index contributed by atoms with van der Waals surface area (Å²) in [7, 11) is 9.71. The zero-order valence-electron chi connectivity index (χ0n) is 63.3. The van der Waals surface area contributed by atoms with Gasteiger partial charge in [-0.1, -0.05) is 85.2 Å². The van der Waals surface area contributed by atoms with Gasteiger partial charge in [-0.15, -0.1) is 0 Å². The van der Waals surface area contributed by atoms with Crippen molar-refractivity contribution in [3.05, 3.63) is 35.9 Å². The molecule has 1 aliphatic rings. The number of likely N-dealkylation sites (N-methyl/N-ethyl adjacent to an activating group) is 2. The van der Waals surface area contributed by atoms with E-state index in [1.165, 1.54) is 28.3 Å². The van der Waals surface area contributed by atoms with Gasteiger partial charge in [0.2, 0.25) is 65.0 Å². The quantitative estimate of drug-likeness (QED) is 0.0229. The standard InChI is InChI=1S/C70H117N13O20/c1-18-44(6)61(82(14)67(95)59(42(2)3)80-66(94)60(43(4)5)81(12)13)51(99-16)37-57(89)83-33-22-26-50(83)62(100-17)45(7)63(91)79-48(36-47-24-20-19-21-25-47)64(92)71-30-23-34-101-68(96)46(8)77-53(85)29-31-73-69(97)102-41-49(65(93)72-32-35-98-15)78-56(88)40-76-55(87)39-75-54(86)38-74-52(84)27-28-58(90)103-70(9,10)11/h19-21,24-25,42-46,48-51,59-62H,18,22-23,26-41H2,1-17H3,(H,71,92)(H,72,93)(H,73,97)(H,74,84)(H,75,86)(H,76,87)(H,77,85)(H,78,88)(H,79,91)(H,80,94)/t44-,45+,46?,48-,49?,50-,51+,59-,60-,61-,62+/m0/s1. The van der Waals surface area contributed by atoms with Crippen molar-refractivity contribution in [2.24, 2.45) is 23.7 Å². The van der Waals surface area contributed by atoms with Gasteiger partial charge in [0, 0.05) is 73.8 Å². The molecule has 1 aliphatic heterocycles. The number of carbonyl (C=O) groups is 14. The fourth-order valence-corrected chi connectivity index (χ4v) is 11.5. The second-order valence-corrected chi connectivity index (χ2v) is 27.4. The number of likely N-dealkylation sites (tertiary alicyclic amines) is 1. The number of nitrogens with one attached hydrogen (secondary N) is 10. The van der Waals surface area contributed by atoms with Gasteiger partial charge in [-0.25, -0.2) is 9.59 Å². The second kappa shape index (κ2) is 46.9. The highest BCUT2D eigenvalue weighted by Crippen LogP contribution is 2.30. The lowest BCUT2D eigenvalue weighted by Crippen LogP contribution is -2.59. The first-order chi connectivity index (χ1) is 48.5. The van der Waals surface area contributed by atoms with Crippen molar-refractivity contribution in [2.45, 2.75) is 194 Å². The molecule has 1 aromatic carbocycles. The SMILES string of the molecule is CC[C@H](C)[C@@H]([C@@H](CC(=O)N1CCC[C@H]1[C@H](OC)[C@@H](C)C(=O)N[C@@H](Cc1ccccc1)C(=O)NCCCOC(=O)C(C)NC(=O)CCNC(=O)OCC(NC(=O)CNC(=O)CNC(=O)CNC(=O)CCC(=O)OC(C)(C)C)C(=O)NCCOC)OC)N(C)C(=O)[C@@H](NC(=O)[C@H](C(C)C)N(C)C)C(C)C. The Morgan fingerprint density at radius 3 is 1.80 bits per heavy atom. The summed E-state index contributed by atoms with van der Waals surface area (Å²) in [6.07, 6.45) is -1.37. The van der Waals surface area contributed by atoms with Gasteiger partial charge < -0.3 is 91.4 Å². The molecule has 1 fully saturated rings. The second-order valence-electron chi connectivity index (χ2n) is 27.4. The first-order valence-corrected chi connectivity index (χ1v) is 35.2. The van der Waals surface area contributed by atoms with Crippen molar-refractivity contribution >= 4 is 83.0 Å². The van der Waals surface area contributed by atoms with Crippen LogP contribution in [0.15, 0.2) is 30.3 Å². The fourth-order valence-electron chi connectivity index (χ4n) is 11.5. The summed E-state index contributed by atoms with van der Waals surface area (Å²) in [5.74, 6) is -8.91. The minimum atomic E-state index is -1.46. The molecule has 2 unspecified atom stereocenters. The van der Waals surface area contributed by atoms with E-state index >= 15 is 0 Å². The molecule has 1 heterocycles. The summed E-state index contributed by atoms with van der Waals surface area (Å²) in [6.45, 7) is 17.4. The molecule has 33 nitrogen and oxygen atoms in total. The number of hydrogen-bond acceptors (Lipinski definition) is 21. The highest BCUT2D eigenvalue weighted by Gasteiger charge is 2.44. The number of esters is 2. The van der Waals surface area contributed by atoms with Crippen LogP contribution in [0.25, 0.3) is 0 Å². The van der Waals surface area contributed by atoms with E-state index in [-0.39, 0.29) is 107 Å². The first-order valence-electron chi connectivity index (χ1n) is 35.2. The van der Waals surface area contributed by atoms with Crippen molar-refractivity contribution in [3.8, 4) is 0 Å². The Morgan fingerprint density at radius 1 is 0.612 bits per heavy atom. The average molecular weight is 1460 g/mol. The summed E-state index contributed by atoms with van der Waals surface area (Å²) in [5.41, 5.74) is 0.0302. The molecule has 0 saturated carbocycles. The number of carbonyl (C=O) groups excluding carboxylic acids is 14. The molecule has 0 spiro atoms. The molecular weight excluding hydrogens is 1340 g/mol. The monoisotopic (exact) mass is 1460 g/mol. The van der Waals surface area contributed by atoms with Gasteiger partial charge in [-0.3, -0.25) is 62.4 Å². The predicted octanol–water partition coefficient (Wildman–Crippen LogP) is -0.250. The third kappa shape index (κ3) is 33.6. The number of amides is 12. The smallest absolute Gasteiger partial charge is 0.407 e. The summed E-state index contributed by atoms with van der Waals surface area (Å²) >= 11 is 0. The lowest BCUT2D eigenvalue weighted by Gasteiger charge is -2.41. The Hall–Kier alpha value is -8.56. The Bertz CT molecular complexity index is 2930. The third-order valence-electron chi connectivity index (χ3n) is 17.0. The molecule has 582 valence electrons. The molecule has 0 bridgehead atoms. The molecule has 0 aromatic heterocycles. The minimum Gasteiger partial charge on any atom is -0.464 e. The van der Waals surface area contributed by atoms with Crippen molar-refractivity contribution in [1.82, 2.24) is 67.9 Å². The average Bonchev–Trinajstić information content (AvgIpc) is 1.79. The van der Waals surface area contributed by atoms with Crippen LogP contribution < -0.4 is 53.2 Å². The van der Waals surface area contributed by atoms with E-state index < -0.39 is 158 Å². The summed E-state index contributed by atoms with van der Waals surface area (Å²) in [4.78, 5) is 188. The molecule has 10 N–H and O–H groups in total. The molecule has 11 atom stereocenters. The molecule has 2 rings (SSSR count). The maximum Gasteiger partial charge on any atom is 0.407 e.